The number of likely N-dealkylation sites (tertiary alicyclic amines) is 1. The highest BCUT2D eigenvalue weighted by atomic mass is 16.5. The van der Waals surface area contributed by atoms with Crippen LogP contribution in [0.25, 0.3) is 0 Å². The Labute approximate surface area is 109 Å². The third-order valence-electron chi connectivity index (χ3n) is 3.55. The minimum Gasteiger partial charge on any atom is -0.492 e. The molecule has 0 spiro atoms. The van der Waals surface area contributed by atoms with E-state index in [9.17, 15) is 5.11 Å². The lowest BCUT2D eigenvalue weighted by Crippen LogP contribution is -2.35. The molecule has 1 aromatic carbocycles. The zero-order valence-corrected chi connectivity index (χ0v) is 11.4. The van der Waals surface area contributed by atoms with Gasteiger partial charge in [0.2, 0.25) is 0 Å². The largest absolute Gasteiger partial charge is 0.492 e. The summed E-state index contributed by atoms with van der Waals surface area (Å²) in [4.78, 5) is 2.32. The number of benzene rings is 1. The van der Waals surface area contributed by atoms with Crippen molar-refractivity contribution in [1.82, 2.24) is 4.90 Å². The van der Waals surface area contributed by atoms with Crippen LogP contribution in [0.4, 0.5) is 0 Å². The molecule has 1 aromatic rings. The standard InChI is InChI=1S/C15H23NO2/c1-12-8-13(2)10-15(9-12)18-7-6-16-5-3-4-14(16)11-17/h8-10,14,17H,3-7,11H2,1-2H3/t14-/m1/s1. The third kappa shape index (κ3) is 3.47. The summed E-state index contributed by atoms with van der Waals surface area (Å²) in [5.41, 5.74) is 2.47. The van der Waals surface area contributed by atoms with E-state index in [4.69, 9.17) is 4.74 Å². The number of aliphatic hydroxyl groups is 1. The van der Waals surface area contributed by atoms with Crippen molar-refractivity contribution >= 4 is 0 Å². The summed E-state index contributed by atoms with van der Waals surface area (Å²) in [6.45, 7) is 7.12. The fraction of sp³-hybridized carbons (Fsp3) is 0.600. The Morgan fingerprint density at radius 3 is 2.67 bits per heavy atom. The van der Waals surface area contributed by atoms with Crippen LogP contribution in [0.2, 0.25) is 0 Å². The van der Waals surface area contributed by atoms with Gasteiger partial charge >= 0.3 is 0 Å². The van der Waals surface area contributed by atoms with Gasteiger partial charge in [0.15, 0.2) is 0 Å². The lowest BCUT2D eigenvalue weighted by molar-refractivity contribution is 0.139. The van der Waals surface area contributed by atoms with Crippen molar-refractivity contribution in [1.29, 1.82) is 0 Å². The van der Waals surface area contributed by atoms with Crippen molar-refractivity contribution < 1.29 is 9.84 Å². The van der Waals surface area contributed by atoms with Gasteiger partial charge in [-0.1, -0.05) is 6.07 Å². The lowest BCUT2D eigenvalue weighted by atomic mass is 10.1. The van der Waals surface area contributed by atoms with E-state index in [-0.39, 0.29) is 6.61 Å². The molecule has 3 nitrogen and oxygen atoms in total. The number of ether oxygens (including phenoxy) is 1. The minimum atomic E-state index is 0.267. The molecule has 0 bridgehead atoms. The van der Waals surface area contributed by atoms with Crippen molar-refractivity contribution in [2.45, 2.75) is 32.7 Å². The summed E-state index contributed by atoms with van der Waals surface area (Å²) >= 11 is 0. The molecule has 1 aliphatic rings. The molecule has 0 aromatic heterocycles. The Morgan fingerprint density at radius 2 is 2.00 bits per heavy atom. The monoisotopic (exact) mass is 249 g/mol. The second-order valence-electron chi connectivity index (χ2n) is 5.19. The molecule has 1 aliphatic heterocycles. The SMILES string of the molecule is Cc1cc(C)cc(OCCN2CCC[C@@H]2CO)c1. The summed E-state index contributed by atoms with van der Waals surface area (Å²) in [6, 6.07) is 6.63. The van der Waals surface area contributed by atoms with Crippen molar-refractivity contribution in [2.75, 3.05) is 26.3 Å². The topological polar surface area (TPSA) is 32.7 Å². The molecular weight excluding hydrogens is 226 g/mol. The summed E-state index contributed by atoms with van der Waals surface area (Å²) < 4.78 is 5.80. The summed E-state index contributed by atoms with van der Waals surface area (Å²) in [6.07, 6.45) is 2.30. The Hall–Kier alpha value is -1.06. The Morgan fingerprint density at radius 1 is 1.28 bits per heavy atom. The van der Waals surface area contributed by atoms with Gasteiger partial charge in [0, 0.05) is 12.6 Å². The first-order chi connectivity index (χ1) is 8.69. The lowest BCUT2D eigenvalue weighted by Gasteiger charge is -2.22. The van der Waals surface area contributed by atoms with Crippen LogP contribution in [0, 0.1) is 13.8 Å². The van der Waals surface area contributed by atoms with Crippen LogP contribution in [-0.2, 0) is 0 Å². The molecule has 0 radical (unpaired) electrons. The van der Waals surface area contributed by atoms with Crippen LogP contribution < -0.4 is 4.74 Å². The number of hydrogen-bond acceptors (Lipinski definition) is 3. The third-order valence-corrected chi connectivity index (χ3v) is 3.55. The Bertz CT molecular complexity index is 372. The summed E-state index contributed by atoms with van der Waals surface area (Å²) in [7, 11) is 0. The number of aryl methyl sites for hydroxylation is 2. The van der Waals surface area contributed by atoms with E-state index in [1.165, 1.54) is 17.5 Å². The van der Waals surface area contributed by atoms with E-state index < -0.39 is 0 Å². The average molecular weight is 249 g/mol. The molecule has 3 heteroatoms. The molecule has 100 valence electrons. The molecule has 1 N–H and O–H groups in total. The first kappa shape index (κ1) is 13.4. The van der Waals surface area contributed by atoms with Gasteiger partial charge in [-0.05, 0) is 56.5 Å². The number of rotatable bonds is 5. The van der Waals surface area contributed by atoms with E-state index >= 15 is 0 Å². The zero-order chi connectivity index (χ0) is 13.0. The molecule has 1 saturated heterocycles. The molecule has 18 heavy (non-hydrogen) atoms. The number of aliphatic hydroxyl groups excluding tert-OH is 1. The first-order valence-corrected chi connectivity index (χ1v) is 6.75. The van der Waals surface area contributed by atoms with E-state index in [1.807, 2.05) is 0 Å². The molecule has 1 atom stereocenters. The van der Waals surface area contributed by atoms with Gasteiger partial charge in [0.25, 0.3) is 0 Å². The molecule has 1 heterocycles. The maximum atomic E-state index is 9.24. The quantitative estimate of drug-likeness (QED) is 0.868. The Kier molecular flexibility index (Phi) is 4.61. The zero-order valence-electron chi connectivity index (χ0n) is 11.4. The van der Waals surface area contributed by atoms with Gasteiger partial charge in [0.1, 0.15) is 12.4 Å². The molecule has 0 unspecified atom stereocenters. The molecule has 0 aliphatic carbocycles. The van der Waals surface area contributed by atoms with E-state index in [0.29, 0.717) is 12.6 Å². The number of nitrogens with zero attached hydrogens (tertiary/aromatic N) is 1. The first-order valence-electron chi connectivity index (χ1n) is 6.75. The van der Waals surface area contributed by atoms with Gasteiger partial charge in [-0.2, -0.15) is 0 Å². The van der Waals surface area contributed by atoms with Crippen molar-refractivity contribution in [3.8, 4) is 5.75 Å². The molecule has 0 saturated carbocycles. The highest BCUT2D eigenvalue weighted by Crippen LogP contribution is 2.18. The van der Waals surface area contributed by atoms with Crippen LogP contribution in [0.15, 0.2) is 18.2 Å². The van der Waals surface area contributed by atoms with Crippen molar-refractivity contribution in [2.24, 2.45) is 0 Å². The number of hydrogen-bond donors (Lipinski definition) is 1. The predicted octanol–water partition coefficient (Wildman–Crippen LogP) is 2.14. The van der Waals surface area contributed by atoms with E-state index in [0.717, 1.165) is 25.3 Å². The van der Waals surface area contributed by atoms with Gasteiger partial charge < -0.3 is 9.84 Å². The van der Waals surface area contributed by atoms with Gasteiger partial charge in [0.05, 0.1) is 6.61 Å². The average Bonchev–Trinajstić information content (AvgIpc) is 2.75. The fourth-order valence-electron chi connectivity index (χ4n) is 2.69. The van der Waals surface area contributed by atoms with E-state index in [2.05, 4.69) is 36.9 Å². The maximum Gasteiger partial charge on any atom is 0.119 e. The van der Waals surface area contributed by atoms with Crippen molar-refractivity contribution in [3.63, 3.8) is 0 Å². The molecule has 0 amide bonds. The van der Waals surface area contributed by atoms with Crippen LogP contribution in [-0.4, -0.2) is 42.4 Å². The highest BCUT2D eigenvalue weighted by Gasteiger charge is 2.22. The van der Waals surface area contributed by atoms with E-state index in [1.54, 1.807) is 0 Å². The van der Waals surface area contributed by atoms with Gasteiger partial charge in [-0.25, -0.2) is 0 Å². The van der Waals surface area contributed by atoms with Crippen molar-refractivity contribution in [3.05, 3.63) is 29.3 Å². The smallest absolute Gasteiger partial charge is 0.119 e. The van der Waals surface area contributed by atoms with Crippen LogP contribution in [0.1, 0.15) is 24.0 Å². The molecule has 2 rings (SSSR count). The maximum absolute atomic E-state index is 9.24. The molecular formula is C15H23NO2. The van der Waals surface area contributed by atoms with Gasteiger partial charge in [-0.3, -0.25) is 4.90 Å². The fourth-order valence-corrected chi connectivity index (χ4v) is 2.69. The van der Waals surface area contributed by atoms with Crippen LogP contribution in [0.3, 0.4) is 0 Å². The molecule has 1 fully saturated rings. The Balaban J connectivity index is 1.81. The summed E-state index contributed by atoms with van der Waals surface area (Å²) in [5, 5.41) is 9.24. The van der Waals surface area contributed by atoms with Gasteiger partial charge in [-0.15, -0.1) is 0 Å². The second-order valence-corrected chi connectivity index (χ2v) is 5.19. The summed E-state index contributed by atoms with van der Waals surface area (Å²) in [5.74, 6) is 0.951. The normalized spacial score (nSPS) is 20.3. The van der Waals surface area contributed by atoms with Crippen LogP contribution >= 0.6 is 0 Å². The van der Waals surface area contributed by atoms with Crippen LogP contribution in [0.5, 0.6) is 5.75 Å². The second kappa shape index (κ2) is 6.21. The minimum absolute atomic E-state index is 0.267. The predicted molar refractivity (Wildman–Crippen MR) is 73.1 cm³/mol. The highest BCUT2D eigenvalue weighted by molar-refractivity contribution is 5.32.